The lowest BCUT2D eigenvalue weighted by atomic mass is 10.1. The van der Waals surface area contributed by atoms with E-state index in [1.54, 1.807) is 6.07 Å². The van der Waals surface area contributed by atoms with Gasteiger partial charge in [0.1, 0.15) is 19.3 Å². The molecule has 1 aliphatic rings. The molecule has 1 unspecified atom stereocenters. The van der Waals surface area contributed by atoms with Gasteiger partial charge in [-0.2, -0.15) is 5.26 Å². The molecule has 1 N–H and O–H groups in total. The number of benzene rings is 2. The van der Waals surface area contributed by atoms with E-state index in [4.69, 9.17) is 14.7 Å². The summed E-state index contributed by atoms with van der Waals surface area (Å²) in [7, 11) is 0. The Kier molecular flexibility index (Phi) is 3.65. The van der Waals surface area contributed by atoms with Crippen molar-refractivity contribution < 1.29 is 9.47 Å². The van der Waals surface area contributed by atoms with Crippen molar-refractivity contribution in [3.63, 3.8) is 0 Å². The van der Waals surface area contributed by atoms with Crippen molar-refractivity contribution in [2.24, 2.45) is 0 Å². The van der Waals surface area contributed by atoms with Crippen molar-refractivity contribution in [3.8, 4) is 17.6 Å². The average Bonchev–Trinajstić information content (AvgIpc) is 2.55. The molecule has 4 heteroatoms. The van der Waals surface area contributed by atoms with Crippen molar-refractivity contribution in [3.05, 3.63) is 53.6 Å². The standard InChI is InChI=1S/C17H16N2O2/c1-12(19-15-5-3-2-4-14(15)11-18)13-6-7-16-17(10-13)21-9-8-20-16/h2-7,10,12,19H,8-9H2,1H3. The Bertz CT molecular complexity index is 691. The van der Waals surface area contributed by atoms with E-state index in [1.165, 1.54) is 0 Å². The van der Waals surface area contributed by atoms with Crippen LogP contribution in [0.1, 0.15) is 24.1 Å². The first-order chi connectivity index (χ1) is 10.3. The summed E-state index contributed by atoms with van der Waals surface area (Å²) in [4.78, 5) is 0. The van der Waals surface area contributed by atoms with Gasteiger partial charge in [-0.25, -0.2) is 0 Å². The second-order valence-corrected chi connectivity index (χ2v) is 4.93. The molecule has 21 heavy (non-hydrogen) atoms. The summed E-state index contributed by atoms with van der Waals surface area (Å²) in [5.74, 6) is 1.57. The highest BCUT2D eigenvalue weighted by atomic mass is 16.6. The summed E-state index contributed by atoms with van der Waals surface area (Å²) < 4.78 is 11.1. The van der Waals surface area contributed by atoms with Crippen LogP contribution in [0.4, 0.5) is 5.69 Å². The van der Waals surface area contributed by atoms with Crippen molar-refractivity contribution in [1.82, 2.24) is 0 Å². The van der Waals surface area contributed by atoms with Crippen LogP contribution in [0.3, 0.4) is 0 Å². The molecule has 106 valence electrons. The summed E-state index contributed by atoms with van der Waals surface area (Å²) in [6, 6.07) is 15.7. The smallest absolute Gasteiger partial charge is 0.161 e. The fraction of sp³-hybridized carbons (Fsp3) is 0.235. The van der Waals surface area contributed by atoms with Crippen LogP contribution < -0.4 is 14.8 Å². The van der Waals surface area contributed by atoms with E-state index in [9.17, 15) is 0 Å². The molecule has 4 nitrogen and oxygen atoms in total. The van der Waals surface area contributed by atoms with Gasteiger partial charge in [-0.3, -0.25) is 0 Å². The van der Waals surface area contributed by atoms with Crippen LogP contribution in [0.2, 0.25) is 0 Å². The van der Waals surface area contributed by atoms with Crippen LogP contribution in [0, 0.1) is 11.3 Å². The third kappa shape index (κ3) is 2.77. The monoisotopic (exact) mass is 280 g/mol. The Hall–Kier alpha value is -2.67. The highest BCUT2D eigenvalue weighted by molar-refractivity contribution is 5.58. The number of anilines is 1. The molecule has 0 radical (unpaired) electrons. The molecule has 1 atom stereocenters. The summed E-state index contributed by atoms with van der Waals surface area (Å²) in [6.45, 7) is 3.23. The summed E-state index contributed by atoms with van der Waals surface area (Å²) in [5, 5.41) is 12.5. The van der Waals surface area contributed by atoms with E-state index in [0.29, 0.717) is 18.8 Å². The van der Waals surface area contributed by atoms with Crippen LogP contribution in [0.15, 0.2) is 42.5 Å². The molecule has 0 spiro atoms. The molecule has 2 aromatic rings. The van der Waals surface area contributed by atoms with Gasteiger partial charge in [0.25, 0.3) is 0 Å². The van der Waals surface area contributed by atoms with Crippen molar-refractivity contribution in [2.45, 2.75) is 13.0 Å². The normalized spacial score (nSPS) is 14.1. The lowest BCUT2D eigenvalue weighted by Gasteiger charge is -2.21. The first kappa shape index (κ1) is 13.3. The molecule has 0 fully saturated rings. The number of rotatable bonds is 3. The van der Waals surface area contributed by atoms with Crippen LogP contribution in [-0.4, -0.2) is 13.2 Å². The molecule has 0 bridgehead atoms. The maximum Gasteiger partial charge on any atom is 0.161 e. The fourth-order valence-corrected chi connectivity index (χ4v) is 2.35. The minimum atomic E-state index is 0.0651. The maximum atomic E-state index is 9.13. The summed E-state index contributed by atoms with van der Waals surface area (Å²) in [5.41, 5.74) is 2.57. The zero-order chi connectivity index (χ0) is 14.7. The van der Waals surface area contributed by atoms with E-state index in [0.717, 1.165) is 22.7 Å². The molecule has 3 rings (SSSR count). The van der Waals surface area contributed by atoms with Gasteiger partial charge >= 0.3 is 0 Å². The first-order valence-corrected chi connectivity index (χ1v) is 6.93. The quantitative estimate of drug-likeness (QED) is 0.935. The summed E-state index contributed by atoms with van der Waals surface area (Å²) in [6.07, 6.45) is 0. The van der Waals surface area contributed by atoms with E-state index < -0.39 is 0 Å². The minimum absolute atomic E-state index is 0.0651. The number of hydrogen-bond acceptors (Lipinski definition) is 4. The molecule has 1 heterocycles. The topological polar surface area (TPSA) is 54.3 Å². The number of nitrogens with one attached hydrogen (secondary N) is 1. The molecular formula is C17H16N2O2. The van der Waals surface area contributed by atoms with Gasteiger partial charge in [0.05, 0.1) is 11.3 Å². The number of fused-ring (bicyclic) bond motifs is 1. The van der Waals surface area contributed by atoms with Gasteiger partial charge in [0.15, 0.2) is 11.5 Å². The average molecular weight is 280 g/mol. The molecule has 2 aromatic carbocycles. The van der Waals surface area contributed by atoms with Gasteiger partial charge in [0, 0.05) is 6.04 Å². The van der Waals surface area contributed by atoms with Crippen LogP contribution in [0.5, 0.6) is 11.5 Å². The van der Waals surface area contributed by atoms with E-state index >= 15 is 0 Å². The Morgan fingerprint density at radius 1 is 1.10 bits per heavy atom. The minimum Gasteiger partial charge on any atom is -0.486 e. The molecule has 0 aliphatic carbocycles. The zero-order valence-corrected chi connectivity index (χ0v) is 11.8. The van der Waals surface area contributed by atoms with Crippen molar-refractivity contribution in [2.75, 3.05) is 18.5 Å². The SMILES string of the molecule is CC(Nc1ccccc1C#N)c1ccc2c(c1)OCCO2. The van der Waals surface area contributed by atoms with Gasteiger partial charge in [-0.1, -0.05) is 18.2 Å². The second-order valence-electron chi connectivity index (χ2n) is 4.93. The lowest BCUT2D eigenvalue weighted by molar-refractivity contribution is 0.171. The molecule has 1 aliphatic heterocycles. The van der Waals surface area contributed by atoms with E-state index in [2.05, 4.69) is 18.3 Å². The molecule has 0 aromatic heterocycles. The fourth-order valence-electron chi connectivity index (χ4n) is 2.35. The predicted molar refractivity (Wildman–Crippen MR) is 80.6 cm³/mol. The number of nitrogens with zero attached hydrogens (tertiary/aromatic N) is 1. The molecular weight excluding hydrogens is 264 g/mol. The Balaban J connectivity index is 1.82. The van der Waals surface area contributed by atoms with Crippen molar-refractivity contribution >= 4 is 5.69 Å². The van der Waals surface area contributed by atoms with Gasteiger partial charge in [-0.15, -0.1) is 0 Å². The Morgan fingerprint density at radius 2 is 1.86 bits per heavy atom. The molecule has 0 saturated carbocycles. The van der Waals surface area contributed by atoms with Crippen LogP contribution >= 0.6 is 0 Å². The number of para-hydroxylation sites is 1. The van der Waals surface area contributed by atoms with E-state index in [-0.39, 0.29) is 6.04 Å². The lowest BCUT2D eigenvalue weighted by Crippen LogP contribution is -2.16. The number of hydrogen-bond donors (Lipinski definition) is 1. The second kappa shape index (κ2) is 5.76. The van der Waals surface area contributed by atoms with Crippen LogP contribution in [0.25, 0.3) is 0 Å². The number of nitriles is 1. The largest absolute Gasteiger partial charge is 0.486 e. The van der Waals surface area contributed by atoms with Gasteiger partial charge < -0.3 is 14.8 Å². The highest BCUT2D eigenvalue weighted by Crippen LogP contribution is 2.33. The predicted octanol–water partition coefficient (Wildman–Crippen LogP) is 3.50. The molecule has 0 saturated heterocycles. The van der Waals surface area contributed by atoms with Gasteiger partial charge in [0.2, 0.25) is 0 Å². The Labute approximate surface area is 123 Å². The first-order valence-electron chi connectivity index (χ1n) is 6.93. The number of ether oxygens (including phenoxy) is 2. The maximum absolute atomic E-state index is 9.13. The molecule has 0 amide bonds. The van der Waals surface area contributed by atoms with Crippen molar-refractivity contribution in [1.29, 1.82) is 5.26 Å². The summed E-state index contributed by atoms with van der Waals surface area (Å²) >= 11 is 0. The van der Waals surface area contributed by atoms with E-state index in [1.807, 2.05) is 36.4 Å². The van der Waals surface area contributed by atoms with Crippen LogP contribution in [-0.2, 0) is 0 Å². The zero-order valence-electron chi connectivity index (χ0n) is 11.8. The third-order valence-electron chi connectivity index (χ3n) is 3.49. The van der Waals surface area contributed by atoms with Gasteiger partial charge in [-0.05, 0) is 36.8 Å². The highest BCUT2D eigenvalue weighted by Gasteiger charge is 2.15. The third-order valence-corrected chi connectivity index (χ3v) is 3.49. The Morgan fingerprint density at radius 3 is 2.67 bits per heavy atom.